The lowest BCUT2D eigenvalue weighted by Gasteiger charge is -2.34. The number of rotatable bonds is 6. The maximum atomic E-state index is 12.6. The minimum absolute atomic E-state index is 0.133. The van der Waals surface area contributed by atoms with Gasteiger partial charge in [0.1, 0.15) is 6.54 Å². The first-order valence-electron chi connectivity index (χ1n) is 6.50. The Morgan fingerprint density at radius 2 is 1.68 bits per heavy atom. The molecule has 0 aromatic heterocycles. The van der Waals surface area contributed by atoms with Crippen molar-refractivity contribution < 1.29 is 14.7 Å². The summed E-state index contributed by atoms with van der Waals surface area (Å²) in [5.74, 6) is -1.13. The third kappa shape index (κ3) is 3.13. The zero-order valence-corrected chi connectivity index (χ0v) is 11.7. The van der Waals surface area contributed by atoms with Gasteiger partial charge in [-0.3, -0.25) is 9.59 Å². The van der Waals surface area contributed by atoms with Crippen LogP contribution in [0.25, 0.3) is 0 Å². The Bertz CT molecular complexity index is 438. The van der Waals surface area contributed by atoms with Gasteiger partial charge in [0.15, 0.2) is 0 Å². The molecule has 0 saturated carbocycles. The molecule has 19 heavy (non-hydrogen) atoms. The minimum atomic E-state index is -0.995. The van der Waals surface area contributed by atoms with Crippen LogP contribution in [-0.4, -0.2) is 35.5 Å². The predicted molar refractivity (Wildman–Crippen MR) is 74.0 cm³/mol. The van der Waals surface area contributed by atoms with Crippen molar-refractivity contribution >= 4 is 11.9 Å². The molecule has 1 aromatic rings. The van der Waals surface area contributed by atoms with Gasteiger partial charge in [0, 0.05) is 7.05 Å². The normalized spacial score (nSPS) is 11.1. The topological polar surface area (TPSA) is 57.6 Å². The number of carbonyl (C=O) groups excluding carboxylic acids is 1. The predicted octanol–water partition coefficient (Wildman–Crippen LogP) is 2.29. The molecule has 1 amide bonds. The van der Waals surface area contributed by atoms with Crippen LogP contribution in [0.1, 0.15) is 32.3 Å². The van der Waals surface area contributed by atoms with Gasteiger partial charge in [0.25, 0.3) is 0 Å². The molecule has 104 valence electrons. The Morgan fingerprint density at radius 3 is 2.11 bits per heavy atom. The van der Waals surface area contributed by atoms with E-state index in [0.29, 0.717) is 12.8 Å². The second-order valence-electron chi connectivity index (χ2n) is 4.71. The van der Waals surface area contributed by atoms with E-state index in [0.717, 1.165) is 5.56 Å². The molecule has 1 rings (SSSR count). The van der Waals surface area contributed by atoms with Gasteiger partial charge in [-0.1, -0.05) is 44.2 Å². The minimum Gasteiger partial charge on any atom is -0.480 e. The van der Waals surface area contributed by atoms with Gasteiger partial charge in [-0.2, -0.15) is 0 Å². The summed E-state index contributed by atoms with van der Waals surface area (Å²) in [6, 6.07) is 9.57. The SMILES string of the molecule is CCC(CC)(C(=O)N(C)CC(=O)O)c1ccccc1. The summed E-state index contributed by atoms with van der Waals surface area (Å²) >= 11 is 0. The highest BCUT2D eigenvalue weighted by Gasteiger charge is 2.38. The molecule has 0 aliphatic heterocycles. The molecule has 0 radical (unpaired) electrons. The molecule has 0 unspecified atom stereocenters. The fourth-order valence-electron chi connectivity index (χ4n) is 2.48. The highest BCUT2D eigenvalue weighted by molar-refractivity contribution is 5.90. The fourth-order valence-corrected chi connectivity index (χ4v) is 2.48. The Hall–Kier alpha value is -1.84. The number of hydrogen-bond acceptors (Lipinski definition) is 2. The van der Waals surface area contributed by atoms with Crippen molar-refractivity contribution in [3.05, 3.63) is 35.9 Å². The van der Waals surface area contributed by atoms with E-state index in [4.69, 9.17) is 5.11 Å². The van der Waals surface area contributed by atoms with Crippen molar-refractivity contribution in [3.63, 3.8) is 0 Å². The monoisotopic (exact) mass is 263 g/mol. The van der Waals surface area contributed by atoms with Crippen LogP contribution >= 0.6 is 0 Å². The Labute approximate surface area is 114 Å². The molecule has 1 N–H and O–H groups in total. The van der Waals surface area contributed by atoms with E-state index in [1.165, 1.54) is 4.90 Å². The molecular weight excluding hydrogens is 242 g/mol. The van der Waals surface area contributed by atoms with E-state index >= 15 is 0 Å². The number of nitrogens with zero attached hydrogens (tertiary/aromatic N) is 1. The van der Waals surface area contributed by atoms with E-state index in [2.05, 4.69) is 0 Å². The fraction of sp³-hybridized carbons (Fsp3) is 0.467. The number of aliphatic carboxylic acids is 1. The van der Waals surface area contributed by atoms with Crippen molar-refractivity contribution in [2.75, 3.05) is 13.6 Å². The first-order valence-corrected chi connectivity index (χ1v) is 6.50. The summed E-state index contributed by atoms with van der Waals surface area (Å²) in [5, 5.41) is 8.82. The first kappa shape index (κ1) is 15.2. The van der Waals surface area contributed by atoms with Gasteiger partial charge >= 0.3 is 5.97 Å². The molecule has 0 aliphatic rings. The second kappa shape index (κ2) is 6.36. The zero-order chi connectivity index (χ0) is 14.5. The third-order valence-electron chi connectivity index (χ3n) is 3.66. The van der Waals surface area contributed by atoms with Crippen LogP contribution in [0, 0.1) is 0 Å². The molecule has 4 heteroatoms. The van der Waals surface area contributed by atoms with Gasteiger partial charge in [-0.05, 0) is 18.4 Å². The van der Waals surface area contributed by atoms with E-state index in [9.17, 15) is 9.59 Å². The van der Waals surface area contributed by atoms with Crippen LogP contribution in [0.3, 0.4) is 0 Å². The van der Waals surface area contributed by atoms with Gasteiger partial charge in [-0.25, -0.2) is 0 Å². The summed E-state index contributed by atoms with van der Waals surface area (Å²) < 4.78 is 0. The van der Waals surface area contributed by atoms with E-state index in [-0.39, 0.29) is 12.5 Å². The average molecular weight is 263 g/mol. The maximum absolute atomic E-state index is 12.6. The molecule has 0 spiro atoms. The van der Waals surface area contributed by atoms with Crippen molar-refractivity contribution in [1.29, 1.82) is 0 Å². The lowest BCUT2D eigenvalue weighted by molar-refractivity contribution is -0.146. The highest BCUT2D eigenvalue weighted by atomic mass is 16.4. The Balaban J connectivity index is 3.13. The quantitative estimate of drug-likeness (QED) is 0.856. The van der Waals surface area contributed by atoms with Crippen LogP contribution in [0.2, 0.25) is 0 Å². The van der Waals surface area contributed by atoms with Crippen LogP contribution < -0.4 is 0 Å². The first-order chi connectivity index (χ1) is 8.97. The van der Waals surface area contributed by atoms with E-state index in [1.807, 2.05) is 44.2 Å². The molecule has 0 atom stereocenters. The van der Waals surface area contributed by atoms with E-state index < -0.39 is 11.4 Å². The number of hydrogen-bond donors (Lipinski definition) is 1. The van der Waals surface area contributed by atoms with Gasteiger partial charge < -0.3 is 10.0 Å². The summed E-state index contributed by atoms with van der Waals surface area (Å²) in [5.41, 5.74) is 0.313. The largest absolute Gasteiger partial charge is 0.480 e. The average Bonchev–Trinajstić information content (AvgIpc) is 2.41. The molecular formula is C15H21NO3. The van der Waals surface area contributed by atoms with Crippen molar-refractivity contribution in [1.82, 2.24) is 4.90 Å². The van der Waals surface area contributed by atoms with Gasteiger partial charge in [0.05, 0.1) is 5.41 Å². The van der Waals surface area contributed by atoms with Crippen LogP contribution in [0.15, 0.2) is 30.3 Å². The number of amides is 1. The second-order valence-corrected chi connectivity index (χ2v) is 4.71. The molecule has 0 aliphatic carbocycles. The lowest BCUT2D eigenvalue weighted by atomic mass is 9.74. The maximum Gasteiger partial charge on any atom is 0.323 e. The summed E-state index contributed by atoms with van der Waals surface area (Å²) in [6.45, 7) is 3.65. The summed E-state index contributed by atoms with van der Waals surface area (Å²) in [4.78, 5) is 24.7. The molecule has 0 bridgehead atoms. The molecule has 0 fully saturated rings. The lowest BCUT2D eigenvalue weighted by Crippen LogP contribution is -2.46. The number of likely N-dealkylation sites (N-methyl/N-ethyl adjacent to an activating group) is 1. The molecule has 0 saturated heterocycles. The smallest absolute Gasteiger partial charge is 0.323 e. The summed E-state index contributed by atoms with van der Waals surface area (Å²) in [6.07, 6.45) is 1.30. The number of benzene rings is 1. The number of carbonyl (C=O) groups is 2. The van der Waals surface area contributed by atoms with Crippen molar-refractivity contribution in [2.24, 2.45) is 0 Å². The Kier molecular flexibility index (Phi) is 5.10. The van der Waals surface area contributed by atoms with Gasteiger partial charge in [-0.15, -0.1) is 0 Å². The van der Waals surface area contributed by atoms with Crippen LogP contribution in [-0.2, 0) is 15.0 Å². The molecule has 0 heterocycles. The van der Waals surface area contributed by atoms with Gasteiger partial charge in [0.2, 0.25) is 5.91 Å². The molecule has 4 nitrogen and oxygen atoms in total. The Morgan fingerprint density at radius 1 is 1.16 bits per heavy atom. The highest BCUT2D eigenvalue weighted by Crippen LogP contribution is 2.33. The van der Waals surface area contributed by atoms with Crippen molar-refractivity contribution in [2.45, 2.75) is 32.1 Å². The third-order valence-corrected chi connectivity index (χ3v) is 3.66. The van der Waals surface area contributed by atoms with Crippen LogP contribution in [0.4, 0.5) is 0 Å². The molecule has 1 aromatic carbocycles. The van der Waals surface area contributed by atoms with E-state index in [1.54, 1.807) is 7.05 Å². The van der Waals surface area contributed by atoms with Crippen LogP contribution in [0.5, 0.6) is 0 Å². The summed E-state index contributed by atoms with van der Waals surface area (Å²) in [7, 11) is 1.54. The number of carboxylic acids is 1. The zero-order valence-electron chi connectivity index (χ0n) is 11.7. The number of carboxylic acid groups (broad SMARTS) is 1. The van der Waals surface area contributed by atoms with Crippen molar-refractivity contribution in [3.8, 4) is 0 Å². The standard InChI is InChI=1S/C15H21NO3/c1-4-15(5-2,12-9-7-6-8-10-12)14(19)16(3)11-13(17)18/h6-10H,4-5,11H2,1-3H3,(H,17,18).